The first-order valence-electron chi connectivity index (χ1n) is 7.80. The molecule has 1 aliphatic heterocycles. The predicted octanol–water partition coefficient (Wildman–Crippen LogP) is 2.89. The summed E-state index contributed by atoms with van der Waals surface area (Å²) in [6.07, 6.45) is -1.23. The summed E-state index contributed by atoms with van der Waals surface area (Å²) >= 11 is 0. The molecule has 0 spiro atoms. The molecule has 8 heteroatoms. The van der Waals surface area contributed by atoms with Crippen molar-refractivity contribution >= 4 is 12.1 Å². The number of rotatable bonds is 3. The van der Waals surface area contributed by atoms with E-state index in [1.165, 1.54) is 12.0 Å². The van der Waals surface area contributed by atoms with Gasteiger partial charge in [-0.05, 0) is 32.9 Å². The Morgan fingerprint density at radius 2 is 1.92 bits per heavy atom. The molecule has 6 nitrogen and oxygen atoms in total. The molecule has 0 aliphatic carbocycles. The van der Waals surface area contributed by atoms with Gasteiger partial charge in [-0.15, -0.1) is 0 Å². The van der Waals surface area contributed by atoms with E-state index < -0.39 is 41.4 Å². The molecule has 25 heavy (non-hydrogen) atoms. The molecule has 1 amide bonds. The number of ether oxygens (including phenoxy) is 3. The second-order valence-electron chi connectivity index (χ2n) is 6.72. The highest BCUT2D eigenvalue weighted by Gasteiger charge is 2.43. The van der Waals surface area contributed by atoms with Gasteiger partial charge in [0.25, 0.3) is 0 Å². The van der Waals surface area contributed by atoms with Gasteiger partial charge in [0.05, 0.1) is 13.7 Å². The van der Waals surface area contributed by atoms with E-state index in [0.717, 1.165) is 12.1 Å². The quantitative estimate of drug-likeness (QED) is 0.779. The van der Waals surface area contributed by atoms with E-state index in [-0.39, 0.29) is 18.7 Å². The minimum atomic E-state index is -0.895. The van der Waals surface area contributed by atoms with Gasteiger partial charge < -0.3 is 14.2 Å². The van der Waals surface area contributed by atoms with E-state index in [1.54, 1.807) is 20.8 Å². The van der Waals surface area contributed by atoms with Crippen LogP contribution in [0.1, 0.15) is 27.2 Å². The Bertz CT molecular complexity index is 659. The average Bonchev–Trinajstić information content (AvgIpc) is 2.92. The van der Waals surface area contributed by atoms with Crippen molar-refractivity contribution in [3.05, 3.63) is 29.8 Å². The lowest BCUT2D eigenvalue weighted by Crippen LogP contribution is -2.44. The number of benzene rings is 1. The average molecular weight is 357 g/mol. The van der Waals surface area contributed by atoms with Crippen LogP contribution in [-0.2, 0) is 14.3 Å². The second-order valence-corrected chi connectivity index (χ2v) is 6.72. The van der Waals surface area contributed by atoms with Crippen LogP contribution in [0, 0.1) is 11.6 Å². The first kappa shape index (κ1) is 19.0. The third-order valence-corrected chi connectivity index (χ3v) is 3.55. The number of halogens is 2. The Balaban J connectivity index is 2.14. The number of hydrogen-bond acceptors (Lipinski definition) is 5. The van der Waals surface area contributed by atoms with Crippen molar-refractivity contribution in [2.45, 2.75) is 44.9 Å². The Kier molecular flexibility index (Phi) is 5.49. The molecular weight excluding hydrogens is 336 g/mol. The number of nitrogens with zero attached hydrogens (tertiary/aromatic N) is 1. The SMILES string of the molecule is COC(=O)[C@@H]1C[C@H](Oc2ccc(F)cc2F)CN1C(=O)OC(C)(C)C. The third-order valence-electron chi connectivity index (χ3n) is 3.55. The van der Waals surface area contributed by atoms with Gasteiger partial charge in [-0.1, -0.05) is 0 Å². The zero-order chi connectivity index (χ0) is 18.8. The summed E-state index contributed by atoms with van der Waals surface area (Å²) in [6, 6.07) is 2.03. The highest BCUT2D eigenvalue weighted by molar-refractivity contribution is 5.82. The standard InChI is InChI=1S/C17H21F2NO5/c1-17(2,3)25-16(22)20-9-11(8-13(20)15(21)23-4)24-14-6-5-10(18)7-12(14)19/h5-7,11,13H,8-9H2,1-4H3/t11-,13-/m0/s1. The summed E-state index contributed by atoms with van der Waals surface area (Å²) in [5, 5.41) is 0. The molecule has 0 N–H and O–H groups in total. The van der Waals surface area contributed by atoms with Gasteiger partial charge in [-0.25, -0.2) is 18.4 Å². The molecule has 0 unspecified atom stereocenters. The zero-order valence-electron chi connectivity index (χ0n) is 14.5. The van der Waals surface area contributed by atoms with E-state index in [0.29, 0.717) is 6.07 Å². The maximum absolute atomic E-state index is 13.7. The Morgan fingerprint density at radius 1 is 1.24 bits per heavy atom. The largest absolute Gasteiger partial charge is 0.485 e. The van der Waals surface area contributed by atoms with Gasteiger partial charge in [-0.2, -0.15) is 0 Å². The topological polar surface area (TPSA) is 65.1 Å². The predicted molar refractivity (Wildman–Crippen MR) is 84.1 cm³/mol. The summed E-state index contributed by atoms with van der Waals surface area (Å²) in [5.74, 6) is -2.35. The highest BCUT2D eigenvalue weighted by atomic mass is 19.1. The van der Waals surface area contributed by atoms with Crippen molar-refractivity contribution in [1.82, 2.24) is 4.90 Å². The van der Waals surface area contributed by atoms with Crippen molar-refractivity contribution in [1.29, 1.82) is 0 Å². The Labute approximate surface area is 144 Å². The van der Waals surface area contributed by atoms with E-state index in [9.17, 15) is 18.4 Å². The molecule has 2 atom stereocenters. The fourth-order valence-corrected chi connectivity index (χ4v) is 2.51. The lowest BCUT2D eigenvalue weighted by atomic mass is 10.2. The number of carbonyl (C=O) groups excluding carboxylic acids is 2. The van der Waals surface area contributed by atoms with Crippen LogP contribution >= 0.6 is 0 Å². The van der Waals surface area contributed by atoms with Crippen molar-refractivity contribution in [2.75, 3.05) is 13.7 Å². The van der Waals surface area contributed by atoms with E-state index in [1.807, 2.05) is 0 Å². The van der Waals surface area contributed by atoms with Crippen LogP contribution in [0.25, 0.3) is 0 Å². The van der Waals surface area contributed by atoms with Gasteiger partial charge in [0.1, 0.15) is 23.6 Å². The van der Waals surface area contributed by atoms with E-state index >= 15 is 0 Å². The molecule has 2 rings (SSSR count). The number of likely N-dealkylation sites (tertiary alicyclic amines) is 1. The van der Waals surface area contributed by atoms with Gasteiger partial charge in [0.2, 0.25) is 0 Å². The second kappa shape index (κ2) is 7.25. The molecule has 1 aliphatic rings. The summed E-state index contributed by atoms with van der Waals surface area (Å²) in [5.41, 5.74) is -0.736. The van der Waals surface area contributed by atoms with Crippen molar-refractivity contribution in [2.24, 2.45) is 0 Å². The fraction of sp³-hybridized carbons (Fsp3) is 0.529. The highest BCUT2D eigenvalue weighted by Crippen LogP contribution is 2.27. The summed E-state index contributed by atoms with van der Waals surface area (Å²) in [7, 11) is 1.21. The Hall–Kier alpha value is -2.38. The molecule has 138 valence electrons. The summed E-state index contributed by atoms with van der Waals surface area (Å²) in [4.78, 5) is 25.5. The maximum Gasteiger partial charge on any atom is 0.411 e. The number of hydrogen-bond donors (Lipinski definition) is 0. The molecule has 0 aromatic heterocycles. The number of amides is 1. The lowest BCUT2D eigenvalue weighted by Gasteiger charge is -2.27. The molecule has 0 saturated carbocycles. The maximum atomic E-state index is 13.7. The van der Waals surface area contributed by atoms with Crippen LogP contribution in [-0.4, -0.2) is 48.4 Å². The van der Waals surface area contributed by atoms with Crippen LogP contribution in [0.5, 0.6) is 5.75 Å². The molecular formula is C17H21F2NO5. The van der Waals surface area contributed by atoms with Crippen LogP contribution in [0.2, 0.25) is 0 Å². The zero-order valence-corrected chi connectivity index (χ0v) is 14.5. The van der Waals surface area contributed by atoms with Gasteiger partial charge in [0.15, 0.2) is 11.6 Å². The van der Waals surface area contributed by atoms with Gasteiger partial charge in [0, 0.05) is 12.5 Å². The minimum absolute atomic E-state index is 0.0193. The molecule has 1 heterocycles. The first-order chi connectivity index (χ1) is 11.6. The third kappa shape index (κ3) is 4.80. The summed E-state index contributed by atoms with van der Waals surface area (Å²) < 4.78 is 42.2. The smallest absolute Gasteiger partial charge is 0.411 e. The van der Waals surface area contributed by atoms with E-state index in [4.69, 9.17) is 14.2 Å². The molecule has 0 radical (unpaired) electrons. The van der Waals surface area contributed by atoms with Crippen LogP contribution in [0.15, 0.2) is 18.2 Å². The number of methoxy groups -OCH3 is 1. The molecule has 1 fully saturated rings. The van der Waals surface area contributed by atoms with Gasteiger partial charge in [-0.3, -0.25) is 4.90 Å². The summed E-state index contributed by atoms with van der Waals surface area (Å²) in [6.45, 7) is 5.13. The van der Waals surface area contributed by atoms with E-state index in [2.05, 4.69) is 0 Å². The minimum Gasteiger partial charge on any atom is -0.485 e. The number of carbonyl (C=O) groups is 2. The molecule has 1 aromatic rings. The van der Waals surface area contributed by atoms with Crippen LogP contribution in [0.3, 0.4) is 0 Å². The normalized spacial score (nSPS) is 20.3. The van der Waals surface area contributed by atoms with Gasteiger partial charge >= 0.3 is 12.1 Å². The Morgan fingerprint density at radius 3 is 2.48 bits per heavy atom. The molecule has 1 saturated heterocycles. The first-order valence-corrected chi connectivity index (χ1v) is 7.80. The fourth-order valence-electron chi connectivity index (χ4n) is 2.51. The molecule has 1 aromatic carbocycles. The van der Waals surface area contributed by atoms with Crippen molar-refractivity contribution < 1.29 is 32.6 Å². The number of esters is 1. The molecule has 0 bridgehead atoms. The van der Waals surface area contributed by atoms with Crippen LogP contribution < -0.4 is 4.74 Å². The lowest BCUT2D eigenvalue weighted by molar-refractivity contribution is -0.145. The monoisotopic (exact) mass is 357 g/mol. The van der Waals surface area contributed by atoms with Crippen molar-refractivity contribution in [3.8, 4) is 5.75 Å². The van der Waals surface area contributed by atoms with Crippen molar-refractivity contribution in [3.63, 3.8) is 0 Å². The van der Waals surface area contributed by atoms with Crippen LogP contribution in [0.4, 0.5) is 13.6 Å².